The van der Waals surface area contributed by atoms with Crippen molar-refractivity contribution in [3.05, 3.63) is 11.9 Å². The van der Waals surface area contributed by atoms with Crippen LogP contribution >= 0.6 is 0 Å². The Morgan fingerprint density at radius 3 is 3.14 bits per heavy atom. The average Bonchev–Trinajstić information content (AvgIpc) is 2.53. The van der Waals surface area contributed by atoms with Gasteiger partial charge in [0, 0.05) is 26.0 Å². The highest BCUT2D eigenvalue weighted by atomic mass is 16.5. The highest BCUT2D eigenvalue weighted by molar-refractivity contribution is 6.29. The second kappa shape index (κ2) is 5.41. The number of aromatic nitrogens is 3. The molecule has 14 heavy (non-hydrogen) atoms. The van der Waals surface area contributed by atoms with E-state index in [4.69, 9.17) is 0 Å². The lowest BCUT2D eigenvalue weighted by Gasteiger charge is -1.95. The second-order valence-electron chi connectivity index (χ2n) is 2.95. The number of carbonyl (C=O) groups is 1. The van der Waals surface area contributed by atoms with Crippen LogP contribution in [-0.4, -0.2) is 28.4 Å². The summed E-state index contributed by atoms with van der Waals surface area (Å²) in [6.07, 6.45) is 3.38. The Balaban J connectivity index is 2.32. The zero-order valence-corrected chi connectivity index (χ0v) is 8.43. The molecule has 1 aromatic rings. The minimum Gasteiger partial charge on any atom is -0.538 e. The zero-order chi connectivity index (χ0) is 10.4. The molecule has 1 heterocycles. The van der Waals surface area contributed by atoms with E-state index in [2.05, 4.69) is 21.9 Å². The Bertz CT molecular complexity index is 301. The topological polar surface area (TPSA) is 57.0 Å². The number of aryl methyl sites for hydroxylation is 1. The minimum atomic E-state index is -0.314. The molecule has 0 aliphatic carbocycles. The first-order valence-electron chi connectivity index (χ1n) is 4.60. The van der Waals surface area contributed by atoms with Gasteiger partial charge in [0.05, 0.1) is 5.69 Å². The molecule has 0 fully saturated rings. The molecule has 1 rings (SSSR count). The van der Waals surface area contributed by atoms with Crippen molar-refractivity contribution in [2.75, 3.05) is 0 Å². The Morgan fingerprint density at radius 1 is 1.71 bits per heavy atom. The lowest BCUT2D eigenvalue weighted by Crippen LogP contribution is -2.07. The molecule has 0 unspecified atom stereocenters. The molecule has 0 N–H and O–H groups in total. The first-order chi connectivity index (χ1) is 6.72. The average molecular weight is 194 g/mol. The van der Waals surface area contributed by atoms with Gasteiger partial charge in [-0.3, -0.25) is 9.48 Å². The monoisotopic (exact) mass is 194 g/mol. The molecule has 0 aliphatic rings. The van der Waals surface area contributed by atoms with Crippen LogP contribution in [0.3, 0.4) is 0 Å². The van der Waals surface area contributed by atoms with E-state index in [9.17, 15) is 4.79 Å². The fourth-order valence-electron chi connectivity index (χ4n) is 1.01. The third-order valence-corrected chi connectivity index (χ3v) is 1.58. The highest BCUT2D eigenvalue weighted by Crippen LogP contribution is 1.95. The Kier molecular flexibility index (Phi) is 4.16. The lowest BCUT2D eigenvalue weighted by atomic mass is 9.93. The number of carbonyl (C=O) groups excluding carboxylic acids is 1. The van der Waals surface area contributed by atoms with E-state index in [-0.39, 0.29) is 5.97 Å². The lowest BCUT2D eigenvalue weighted by molar-refractivity contribution is -0.131. The summed E-state index contributed by atoms with van der Waals surface area (Å²) in [5, 5.41) is 7.83. The quantitative estimate of drug-likeness (QED) is 0.635. The van der Waals surface area contributed by atoms with E-state index in [1.165, 1.54) is 14.4 Å². The molecule has 75 valence electrons. The molecule has 5 nitrogen and oxygen atoms in total. The largest absolute Gasteiger partial charge is 0.538 e. The van der Waals surface area contributed by atoms with E-state index in [1.54, 1.807) is 4.68 Å². The maximum absolute atomic E-state index is 10.4. The SMILES string of the molecule is CCCn1cc(C[B]OC(C)=O)nn1. The van der Waals surface area contributed by atoms with Crippen molar-refractivity contribution in [1.29, 1.82) is 0 Å². The van der Waals surface area contributed by atoms with Gasteiger partial charge >= 0.3 is 7.48 Å². The van der Waals surface area contributed by atoms with Crippen molar-refractivity contribution in [3.63, 3.8) is 0 Å². The molecule has 0 bridgehead atoms. The molecule has 0 atom stereocenters. The maximum atomic E-state index is 10.4. The minimum absolute atomic E-state index is 0.314. The van der Waals surface area contributed by atoms with Gasteiger partial charge in [-0.05, 0) is 6.42 Å². The molecule has 6 heteroatoms. The van der Waals surface area contributed by atoms with Crippen molar-refractivity contribution in [2.24, 2.45) is 0 Å². The molecule has 0 saturated heterocycles. The number of nitrogens with zero attached hydrogens (tertiary/aromatic N) is 3. The molecular formula is C8H13BN3O2. The van der Waals surface area contributed by atoms with Crippen LogP contribution in [-0.2, 0) is 22.3 Å². The van der Waals surface area contributed by atoms with Crippen molar-refractivity contribution in [1.82, 2.24) is 15.0 Å². The molecule has 0 amide bonds. The van der Waals surface area contributed by atoms with Crippen molar-refractivity contribution < 1.29 is 9.45 Å². The second-order valence-corrected chi connectivity index (χ2v) is 2.95. The van der Waals surface area contributed by atoms with Crippen LogP contribution in [0.5, 0.6) is 0 Å². The van der Waals surface area contributed by atoms with E-state index in [0.717, 1.165) is 18.7 Å². The predicted molar refractivity (Wildman–Crippen MR) is 51.5 cm³/mol. The molecule has 0 saturated carbocycles. The first-order valence-corrected chi connectivity index (χ1v) is 4.60. The van der Waals surface area contributed by atoms with Crippen LogP contribution < -0.4 is 0 Å². The number of rotatable bonds is 5. The van der Waals surface area contributed by atoms with Crippen LogP contribution in [0.1, 0.15) is 26.0 Å². The molecule has 0 spiro atoms. The summed E-state index contributed by atoms with van der Waals surface area (Å²) in [6, 6.07) is 0. The van der Waals surface area contributed by atoms with Crippen LogP contribution in [0.2, 0.25) is 0 Å². The summed E-state index contributed by atoms with van der Waals surface area (Å²) < 4.78 is 6.45. The molecule has 0 aromatic carbocycles. The van der Waals surface area contributed by atoms with Gasteiger partial charge in [-0.1, -0.05) is 12.1 Å². The van der Waals surface area contributed by atoms with Crippen LogP contribution in [0.15, 0.2) is 6.20 Å². The van der Waals surface area contributed by atoms with Crippen LogP contribution in [0.25, 0.3) is 0 Å². The zero-order valence-electron chi connectivity index (χ0n) is 8.43. The van der Waals surface area contributed by atoms with Gasteiger partial charge in [0.25, 0.3) is 5.97 Å². The Labute approximate surface area is 83.7 Å². The van der Waals surface area contributed by atoms with Gasteiger partial charge in [-0.2, -0.15) is 0 Å². The smallest absolute Gasteiger partial charge is 0.380 e. The first kappa shape index (κ1) is 10.8. The van der Waals surface area contributed by atoms with E-state index >= 15 is 0 Å². The highest BCUT2D eigenvalue weighted by Gasteiger charge is 2.03. The standard InChI is InChI=1S/C8H13BN3O2/c1-3-4-12-6-8(10-11-12)5-9-14-7(2)13/h6H,3-5H2,1-2H3. The van der Waals surface area contributed by atoms with E-state index in [1.807, 2.05) is 6.20 Å². The summed E-state index contributed by atoms with van der Waals surface area (Å²) in [7, 11) is 1.43. The summed E-state index contributed by atoms with van der Waals surface area (Å²) >= 11 is 0. The van der Waals surface area contributed by atoms with Crippen molar-refractivity contribution >= 4 is 13.5 Å². The molecule has 1 aromatic heterocycles. The third kappa shape index (κ3) is 3.59. The van der Waals surface area contributed by atoms with Gasteiger partial charge in [-0.25, -0.2) is 0 Å². The van der Waals surface area contributed by atoms with E-state index in [0.29, 0.717) is 6.32 Å². The van der Waals surface area contributed by atoms with Crippen LogP contribution in [0, 0.1) is 0 Å². The molecular weight excluding hydrogens is 181 g/mol. The van der Waals surface area contributed by atoms with Crippen molar-refractivity contribution in [2.45, 2.75) is 33.1 Å². The number of hydrogen-bond acceptors (Lipinski definition) is 4. The van der Waals surface area contributed by atoms with Crippen molar-refractivity contribution in [3.8, 4) is 0 Å². The Morgan fingerprint density at radius 2 is 2.50 bits per heavy atom. The van der Waals surface area contributed by atoms with Gasteiger partial charge in [0.2, 0.25) is 0 Å². The van der Waals surface area contributed by atoms with Gasteiger partial charge in [0.15, 0.2) is 0 Å². The molecule has 1 radical (unpaired) electrons. The summed E-state index contributed by atoms with van der Waals surface area (Å²) in [5.41, 5.74) is 0.805. The third-order valence-electron chi connectivity index (χ3n) is 1.58. The molecule has 0 aliphatic heterocycles. The van der Waals surface area contributed by atoms with Crippen LogP contribution in [0.4, 0.5) is 0 Å². The Hall–Kier alpha value is -1.33. The summed E-state index contributed by atoms with van der Waals surface area (Å²) in [6.45, 7) is 4.30. The fourth-order valence-corrected chi connectivity index (χ4v) is 1.01. The maximum Gasteiger partial charge on any atom is 0.380 e. The normalized spacial score (nSPS) is 9.86. The summed E-state index contributed by atoms with van der Waals surface area (Å²) in [5.74, 6) is -0.314. The summed E-state index contributed by atoms with van der Waals surface area (Å²) in [4.78, 5) is 10.4. The predicted octanol–water partition coefficient (Wildman–Crippen LogP) is 0.370. The van der Waals surface area contributed by atoms with Gasteiger partial charge in [0.1, 0.15) is 0 Å². The van der Waals surface area contributed by atoms with E-state index < -0.39 is 0 Å². The number of hydrogen-bond donors (Lipinski definition) is 0. The fraction of sp³-hybridized carbons (Fsp3) is 0.625. The van der Waals surface area contributed by atoms with Gasteiger partial charge < -0.3 is 4.65 Å². The van der Waals surface area contributed by atoms with Gasteiger partial charge in [-0.15, -0.1) is 5.10 Å².